The number of carbonyl (C=O) groups is 2. The minimum atomic E-state index is -4.47. The highest BCUT2D eigenvalue weighted by molar-refractivity contribution is 6.46. The summed E-state index contributed by atoms with van der Waals surface area (Å²) >= 11 is 0. The van der Waals surface area contributed by atoms with Gasteiger partial charge in [0, 0.05) is 36.5 Å². The number of nitrogens with two attached hydrogens (primary N) is 1. The first-order valence-electron chi connectivity index (χ1n) is 8.59. The van der Waals surface area contributed by atoms with E-state index in [9.17, 15) is 22.8 Å². The Morgan fingerprint density at radius 2 is 2.17 bits per heavy atom. The number of alkyl halides is 3. The van der Waals surface area contributed by atoms with Gasteiger partial charge in [0.25, 0.3) is 11.8 Å². The summed E-state index contributed by atoms with van der Waals surface area (Å²) in [5.74, 6) is -1.25. The predicted molar refractivity (Wildman–Crippen MR) is 100 cm³/mol. The predicted octanol–water partition coefficient (Wildman–Crippen LogP) is 2.27. The van der Waals surface area contributed by atoms with E-state index < -0.39 is 24.7 Å². The van der Waals surface area contributed by atoms with Gasteiger partial charge in [0.05, 0.1) is 6.04 Å². The smallest absolute Gasteiger partial charge is 0.422 e. The summed E-state index contributed by atoms with van der Waals surface area (Å²) in [5.41, 5.74) is 6.93. The number of carbonyl (C=O) groups excluding carboxylic acids is 2. The molecule has 0 bridgehead atoms. The number of primary amides is 1. The van der Waals surface area contributed by atoms with Crippen molar-refractivity contribution in [3.8, 4) is 5.88 Å². The van der Waals surface area contributed by atoms with Crippen molar-refractivity contribution in [2.75, 3.05) is 20.2 Å². The molecule has 1 aliphatic heterocycles. The lowest BCUT2D eigenvalue weighted by Gasteiger charge is -2.26. The van der Waals surface area contributed by atoms with E-state index in [-0.39, 0.29) is 29.6 Å². The summed E-state index contributed by atoms with van der Waals surface area (Å²) < 4.78 is 41.7. The molecule has 2 heterocycles. The Labute approximate surface area is 165 Å². The number of aryl methyl sites for hydroxylation is 1. The Kier molecular flexibility index (Phi) is 6.45. The van der Waals surface area contributed by atoms with Gasteiger partial charge in [0.15, 0.2) is 6.61 Å². The number of ether oxygens (including phenoxy) is 1. The first kappa shape index (κ1) is 22.1. The molecule has 0 aromatic carbocycles. The van der Waals surface area contributed by atoms with Gasteiger partial charge in [-0.25, -0.2) is 4.98 Å². The number of aliphatic imine (C=N–C) groups is 1. The maximum absolute atomic E-state index is 12.8. The zero-order valence-corrected chi connectivity index (χ0v) is 16.2. The molecule has 1 atom stereocenters. The van der Waals surface area contributed by atoms with E-state index in [2.05, 4.69) is 16.6 Å². The number of rotatable bonds is 7. The average molecular weight is 410 g/mol. The summed E-state index contributed by atoms with van der Waals surface area (Å²) in [6, 6.07) is 1.12. The lowest BCUT2D eigenvalue weighted by Crippen LogP contribution is -2.32. The van der Waals surface area contributed by atoms with E-state index in [1.807, 2.05) is 0 Å². The highest BCUT2D eigenvalue weighted by Gasteiger charge is 2.36. The fourth-order valence-electron chi connectivity index (χ4n) is 3.02. The maximum atomic E-state index is 12.8. The fourth-order valence-corrected chi connectivity index (χ4v) is 3.02. The Morgan fingerprint density at radius 1 is 1.52 bits per heavy atom. The van der Waals surface area contributed by atoms with Gasteiger partial charge in [-0.15, -0.1) is 0 Å². The van der Waals surface area contributed by atoms with Crippen LogP contribution in [0.25, 0.3) is 0 Å². The minimum absolute atomic E-state index is 0.00634. The standard InChI is InChI=1S/C19H21F3N4O3/c1-5-13-14(15(24-4)16(23)27)8-26(18(13)28)11(3)12-6-10(2)17(25-7-12)29-9-19(20,21)22/h5-7,11H,1,8-9H2,2-4H3,(H2,23,27). The van der Waals surface area contributed by atoms with E-state index in [0.29, 0.717) is 16.7 Å². The third-order valence-electron chi connectivity index (χ3n) is 4.47. The monoisotopic (exact) mass is 410 g/mol. The van der Waals surface area contributed by atoms with E-state index in [1.165, 1.54) is 24.2 Å². The van der Waals surface area contributed by atoms with Crippen LogP contribution in [-0.2, 0) is 9.59 Å². The molecular formula is C19H21F3N4O3. The molecule has 156 valence electrons. The summed E-state index contributed by atoms with van der Waals surface area (Å²) in [4.78, 5) is 33.7. The molecule has 0 saturated carbocycles. The van der Waals surface area contributed by atoms with Crippen molar-refractivity contribution in [1.82, 2.24) is 9.88 Å². The third-order valence-corrected chi connectivity index (χ3v) is 4.47. The van der Waals surface area contributed by atoms with E-state index >= 15 is 0 Å². The number of nitrogens with zero attached hydrogens (tertiary/aromatic N) is 3. The topological polar surface area (TPSA) is 97.9 Å². The third kappa shape index (κ3) is 4.82. The van der Waals surface area contributed by atoms with E-state index in [0.717, 1.165) is 0 Å². The molecule has 1 aromatic rings. The molecule has 1 aromatic heterocycles. The molecule has 1 aliphatic rings. The Hall–Kier alpha value is -3.17. The first-order valence-corrected chi connectivity index (χ1v) is 8.59. The number of hydrogen-bond donors (Lipinski definition) is 1. The lowest BCUT2D eigenvalue weighted by molar-refractivity contribution is -0.154. The maximum Gasteiger partial charge on any atom is 0.422 e. The second-order valence-corrected chi connectivity index (χ2v) is 6.44. The lowest BCUT2D eigenvalue weighted by atomic mass is 10.1. The van der Waals surface area contributed by atoms with Gasteiger partial charge in [-0.1, -0.05) is 12.7 Å². The van der Waals surface area contributed by atoms with Crippen LogP contribution in [-0.4, -0.2) is 53.8 Å². The molecule has 0 fully saturated rings. The molecule has 29 heavy (non-hydrogen) atoms. The van der Waals surface area contributed by atoms with Crippen molar-refractivity contribution in [2.45, 2.75) is 26.1 Å². The molecule has 0 spiro atoms. The van der Waals surface area contributed by atoms with Gasteiger partial charge >= 0.3 is 6.18 Å². The van der Waals surface area contributed by atoms with Crippen LogP contribution in [0.4, 0.5) is 13.2 Å². The zero-order valence-electron chi connectivity index (χ0n) is 16.2. The van der Waals surface area contributed by atoms with Gasteiger partial charge in [0.1, 0.15) is 5.71 Å². The summed E-state index contributed by atoms with van der Waals surface area (Å²) in [5, 5.41) is 0. The van der Waals surface area contributed by atoms with Crippen LogP contribution < -0.4 is 10.5 Å². The molecule has 2 N–H and O–H groups in total. The van der Waals surface area contributed by atoms with Crippen LogP contribution in [0.5, 0.6) is 5.88 Å². The first-order chi connectivity index (χ1) is 13.5. The minimum Gasteiger partial charge on any atom is -0.468 e. The molecule has 1 unspecified atom stereocenters. The summed E-state index contributed by atoms with van der Waals surface area (Å²) in [6.45, 7) is 5.56. The summed E-state index contributed by atoms with van der Waals surface area (Å²) in [6.07, 6.45) is -1.77. The van der Waals surface area contributed by atoms with Crippen LogP contribution >= 0.6 is 0 Å². The molecule has 0 saturated heterocycles. The number of aromatic nitrogens is 1. The molecule has 10 heteroatoms. The Bertz CT molecular complexity index is 906. The van der Waals surface area contributed by atoms with Gasteiger partial charge in [-0.2, -0.15) is 13.2 Å². The van der Waals surface area contributed by atoms with E-state index in [1.54, 1.807) is 19.9 Å². The second kappa shape index (κ2) is 8.46. The Morgan fingerprint density at radius 3 is 2.66 bits per heavy atom. The van der Waals surface area contributed by atoms with Crippen molar-refractivity contribution >= 4 is 17.5 Å². The van der Waals surface area contributed by atoms with Gasteiger partial charge in [0.2, 0.25) is 5.88 Å². The van der Waals surface area contributed by atoms with Gasteiger partial charge < -0.3 is 15.4 Å². The quantitative estimate of drug-likeness (QED) is 0.698. The largest absolute Gasteiger partial charge is 0.468 e. The van der Waals surface area contributed by atoms with Crippen molar-refractivity contribution in [3.63, 3.8) is 0 Å². The van der Waals surface area contributed by atoms with Crippen LogP contribution in [0.2, 0.25) is 0 Å². The number of amides is 2. The molecular weight excluding hydrogens is 389 g/mol. The second-order valence-electron chi connectivity index (χ2n) is 6.44. The zero-order chi connectivity index (χ0) is 21.9. The highest BCUT2D eigenvalue weighted by Crippen LogP contribution is 2.31. The van der Waals surface area contributed by atoms with Crippen molar-refractivity contribution in [1.29, 1.82) is 0 Å². The highest BCUT2D eigenvalue weighted by atomic mass is 19.4. The molecule has 7 nitrogen and oxygen atoms in total. The fraction of sp³-hybridized carbons (Fsp3) is 0.368. The summed E-state index contributed by atoms with van der Waals surface area (Å²) in [7, 11) is 1.40. The van der Waals surface area contributed by atoms with Crippen LogP contribution in [0.1, 0.15) is 24.1 Å². The van der Waals surface area contributed by atoms with Crippen LogP contribution in [0, 0.1) is 6.92 Å². The van der Waals surface area contributed by atoms with Gasteiger partial charge in [-0.3, -0.25) is 14.6 Å². The van der Waals surface area contributed by atoms with Crippen molar-refractivity contribution in [3.05, 3.63) is 47.2 Å². The molecule has 2 rings (SSSR count). The average Bonchev–Trinajstić information content (AvgIpc) is 2.95. The van der Waals surface area contributed by atoms with E-state index in [4.69, 9.17) is 10.5 Å². The normalized spacial score (nSPS) is 16.3. The van der Waals surface area contributed by atoms with Crippen LogP contribution in [0.3, 0.4) is 0 Å². The molecule has 0 radical (unpaired) electrons. The van der Waals surface area contributed by atoms with Gasteiger partial charge in [-0.05, 0) is 25.5 Å². The van der Waals surface area contributed by atoms with Crippen LogP contribution in [0.15, 0.2) is 41.1 Å². The Balaban J connectivity index is 2.26. The van der Waals surface area contributed by atoms with Crippen molar-refractivity contribution in [2.24, 2.45) is 10.7 Å². The number of hydrogen-bond acceptors (Lipinski definition) is 5. The number of halogens is 3. The molecule has 0 aliphatic carbocycles. The molecule has 2 amide bonds. The SMILES string of the molecule is C=CC1=C(C(=NC)C(N)=O)CN(C(C)c2cnc(OCC(F)(F)F)c(C)c2)C1=O. The number of pyridine rings is 1. The van der Waals surface area contributed by atoms with Crippen molar-refractivity contribution < 1.29 is 27.5 Å².